The summed E-state index contributed by atoms with van der Waals surface area (Å²) in [6, 6.07) is 10.2. The summed E-state index contributed by atoms with van der Waals surface area (Å²) in [6.45, 7) is 3.81. The van der Waals surface area contributed by atoms with E-state index in [1.54, 1.807) is 11.3 Å². The number of hydrogen-bond donors (Lipinski definition) is 1. The van der Waals surface area contributed by atoms with Gasteiger partial charge in [0.15, 0.2) is 0 Å². The summed E-state index contributed by atoms with van der Waals surface area (Å²) < 4.78 is 0. The second kappa shape index (κ2) is 7.90. The molecule has 0 saturated carbocycles. The van der Waals surface area contributed by atoms with Crippen LogP contribution in [0.25, 0.3) is 0 Å². The number of hydrogen-bond acceptors (Lipinski definition) is 4. The first kappa shape index (κ1) is 15.7. The number of aryl methyl sites for hydroxylation is 1. The molecule has 1 heterocycles. The fourth-order valence-electron chi connectivity index (χ4n) is 2.08. The standard InChI is InChI=1S/C16H21N3OS/c1-13-12-21-16(18-13)8-9-17-15(20)11-19(2)10-14-6-4-3-5-7-14/h3-7,12H,8-11H2,1-2H3,(H,17,20). The highest BCUT2D eigenvalue weighted by Gasteiger charge is 2.07. The topological polar surface area (TPSA) is 45.2 Å². The van der Waals surface area contributed by atoms with Crippen LogP contribution in [0.15, 0.2) is 35.7 Å². The summed E-state index contributed by atoms with van der Waals surface area (Å²) in [7, 11) is 1.96. The van der Waals surface area contributed by atoms with E-state index in [1.165, 1.54) is 5.56 Å². The summed E-state index contributed by atoms with van der Waals surface area (Å²) in [6.07, 6.45) is 0.798. The Morgan fingerprint density at radius 1 is 1.33 bits per heavy atom. The van der Waals surface area contributed by atoms with Crippen molar-refractivity contribution < 1.29 is 4.79 Å². The van der Waals surface area contributed by atoms with Gasteiger partial charge in [0.2, 0.25) is 5.91 Å². The van der Waals surface area contributed by atoms with Crippen molar-refractivity contribution in [1.82, 2.24) is 15.2 Å². The van der Waals surface area contributed by atoms with Crippen molar-refractivity contribution in [1.29, 1.82) is 0 Å². The van der Waals surface area contributed by atoms with Crippen molar-refractivity contribution in [3.8, 4) is 0 Å². The Kier molecular flexibility index (Phi) is 5.90. The van der Waals surface area contributed by atoms with Crippen molar-refractivity contribution in [2.45, 2.75) is 19.9 Å². The molecule has 0 aliphatic heterocycles. The molecule has 0 aliphatic carbocycles. The molecule has 0 spiro atoms. The van der Waals surface area contributed by atoms with Crippen LogP contribution in [0.4, 0.5) is 0 Å². The highest BCUT2D eigenvalue weighted by atomic mass is 32.1. The number of rotatable bonds is 7. The van der Waals surface area contributed by atoms with Gasteiger partial charge in [-0.2, -0.15) is 0 Å². The third-order valence-corrected chi connectivity index (χ3v) is 4.06. The van der Waals surface area contributed by atoms with E-state index < -0.39 is 0 Å². The van der Waals surface area contributed by atoms with Gasteiger partial charge in [0.25, 0.3) is 0 Å². The quantitative estimate of drug-likeness (QED) is 0.853. The van der Waals surface area contributed by atoms with Gasteiger partial charge in [-0.1, -0.05) is 30.3 Å². The largest absolute Gasteiger partial charge is 0.355 e. The number of aromatic nitrogens is 1. The van der Waals surface area contributed by atoms with Crippen molar-refractivity contribution in [3.05, 3.63) is 52.0 Å². The highest BCUT2D eigenvalue weighted by Crippen LogP contribution is 2.08. The minimum Gasteiger partial charge on any atom is -0.355 e. The molecule has 0 aliphatic rings. The van der Waals surface area contributed by atoms with Crippen LogP contribution in [0, 0.1) is 6.92 Å². The van der Waals surface area contributed by atoms with Crippen LogP contribution < -0.4 is 5.32 Å². The van der Waals surface area contributed by atoms with E-state index in [-0.39, 0.29) is 5.91 Å². The van der Waals surface area contributed by atoms with Crippen LogP contribution >= 0.6 is 11.3 Å². The Morgan fingerprint density at radius 2 is 2.10 bits per heavy atom. The van der Waals surface area contributed by atoms with E-state index in [0.29, 0.717) is 13.1 Å². The number of amides is 1. The van der Waals surface area contributed by atoms with Gasteiger partial charge in [-0.3, -0.25) is 9.69 Å². The van der Waals surface area contributed by atoms with Crippen LogP contribution in [0.2, 0.25) is 0 Å². The summed E-state index contributed by atoms with van der Waals surface area (Å²) in [5.41, 5.74) is 2.26. The number of nitrogens with zero attached hydrogens (tertiary/aromatic N) is 2. The molecule has 1 aromatic carbocycles. The highest BCUT2D eigenvalue weighted by molar-refractivity contribution is 7.09. The van der Waals surface area contributed by atoms with Gasteiger partial charge >= 0.3 is 0 Å². The molecule has 4 nitrogen and oxygen atoms in total. The smallest absolute Gasteiger partial charge is 0.234 e. The van der Waals surface area contributed by atoms with Crippen molar-refractivity contribution in [3.63, 3.8) is 0 Å². The van der Waals surface area contributed by atoms with Gasteiger partial charge in [-0.25, -0.2) is 4.98 Å². The molecule has 21 heavy (non-hydrogen) atoms. The summed E-state index contributed by atoms with van der Waals surface area (Å²) in [5.74, 6) is 0.0571. The maximum absolute atomic E-state index is 11.9. The molecule has 0 bridgehead atoms. The van der Waals surface area contributed by atoms with Gasteiger partial charge in [0, 0.05) is 30.6 Å². The number of likely N-dealkylation sites (N-methyl/N-ethyl adjacent to an activating group) is 1. The first-order chi connectivity index (χ1) is 10.1. The molecule has 5 heteroatoms. The maximum atomic E-state index is 11.9. The molecule has 1 aromatic heterocycles. The van der Waals surface area contributed by atoms with E-state index in [2.05, 4.69) is 22.4 Å². The third-order valence-electron chi connectivity index (χ3n) is 3.04. The lowest BCUT2D eigenvalue weighted by Crippen LogP contribution is -2.35. The predicted octanol–water partition coefficient (Wildman–Crippen LogP) is 2.24. The van der Waals surface area contributed by atoms with Crippen LogP contribution in [0.3, 0.4) is 0 Å². The Morgan fingerprint density at radius 3 is 2.76 bits per heavy atom. The molecular weight excluding hydrogens is 282 g/mol. The fraction of sp³-hybridized carbons (Fsp3) is 0.375. The Hall–Kier alpha value is -1.72. The minimum absolute atomic E-state index is 0.0571. The third kappa shape index (κ3) is 5.65. The van der Waals surface area contributed by atoms with Crippen molar-refractivity contribution in [2.24, 2.45) is 0 Å². The molecule has 112 valence electrons. The van der Waals surface area contributed by atoms with E-state index in [4.69, 9.17) is 0 Å². The average molecular weight is 303 g/mol. The fourth-order valence-corrected chi connectivity index (χ4v) is 2.85. The molecule has 1 N–H and O–H groups in total. The zero-order chi connectivity index (χ0) is 15.1. The Bertz CT molecular complexity index is 568. The van der Waals surface area contributed by atoms with Crippen LogP contribution in [0.1, 0.15) is 16.3 Å². The lowest BCUT2D eigenvalue weighted by molar-refractivity contribution is -0.122. The number of carbonyl (C=O) groups excluding carboxylic acids is 1. The van der Waals surface area contributed by atoms with Gasteiger partial charge in [-0.05, 0) is 19.5 Å². The average Bonchev–Trinajstić information content (AvgIpc) is 2.85. The Balaban J connectivity index is 1.67. The van der Waals surface area contributed by atoms with Crippen molar-refractivity contribution >= 4 is 17.2 Å². The number of carbonyl (C=O) groups is 1. The second-order valence-electron chi connectivity index (χ2n) is 5.14. The summed E-state index contributed by atoms with van der Waals surface area (Å²) in [5, 5.41) is 6.05. The monoisotopic (exact) mass is 303 g/mol. The lowest BCUT2D eigenvalue weighted by atomic mass is 10.2. The molecule has 2 rings (SSSR count). The zero-order valence-corrected chi connectivity index (χ0v) is 13.3. The molecule has 1 amide bonds. The van der Waals surface area contributed by atoms with Gasteiger partial charge in [-0.15, -0.1) is 11.3 Å². The molecule has 0 unspecified atom stereocenters. The Labute approximate surface area is 129 Å². The van der Waals surface area contributed by atoms with Crippen molar-refractivity contribution in [2.75, 3.05) is 20.1 Å². The van der Waals surface area contributed by atoms with E-state index in [9.17, 15) is 4.79 Å². The SMILES string of the molecule is Cc1csc(CCNC(=O)CN(C)Cc2ccccc2)n1. The van der Waals surface area contributed by atoms with Gasteiger partial charge in [0.05, 0.1) is 11.6 Å². The number of nitrogens with one attached hydrogen (secondary N) is 1. The predicted molar refractivity (Wildman–Crippen MR) is 86.3 cm³/mol. The van der Waals surface area contributed by atoms with Crippen LogP contribution in [-0.4, -0.2) is 35.9 Å². The molecule has 0 fully saturated rings. The number of thiazole rings is 1. The van der Waals surface area contributed by atoms with Crippen LogP contribution in [-0.2, 0) is 17.8 Å². The van der Waals surface area contributed by atoms with Crippen LogP contribution in [0.5, 0.6) is 0 Å². The summed E-state index contributed by atoms with van der Waals surface area (Å²) in [4.78, 5) is 18.3. The first-order valence-electron chi connectivity index (χ1n) is 7.03. The van der Waals surface area contributed by atoms with Gasteiger partial charge < -0.3 is 5.32 Å². The molecule has 0 radical (unpaired) electrons. The number of benzene rings is 1. The maximum Gasteiger partial charge on any atom is 0.234 e. The minimum atomic E-state index is 0.0571. The molecular formula is C16H21N3OS. The lowest BCUT2D eigenvalue weighted by Gasteiger charge is -2.16. The van der Waals surface area contributed by atoms with E-state index >= 15 is 0 Å². The first-order valence-corrected chi connectivity index (χ1v) is 7.91. The molecule has 0 saturated heterocycles. The van der Waals surface area contributed by atoms with E-state index in [0.717, 1.165) is 23.7 Å². The summed E-state index contributed by atoms with van der Waals surface area (Å²) >= 11 is 1.64. The molecule has 0 atom stereocenters. The second-order valence-corrected chi connectivity index (χ2v) is 6.08. The van der Waals surface area contributed by atoms with E-state index in [1.807, 2.05) is 42.5 Å². The molecule has 2 aromatic rings. The normalized spacial score (nSPS) is 10.8. The zero-order valence-electron chi connectivity index (χ0n) is 12.5. The van der Waals surface area contributed by atoms with Gasteiger partial charge in [0.1, 0.15) is 0 Å².